The number of Topliss-reactive ketones (excluding diaryl/α,β-unsaturated/α-hetero) is 1. The Bertz CT molecular complexity index is 698. The maximum absolute atomic E-state index is 11.7. The molecule has 6 heteroatoms. The molecule has 6 nitrogen and oxygen atoms in total. The van der Waals surface area contributed by atoms with Crippen molar-refractivity contribution in [3.05, 3.63) is 47.5 Å². The van der Waals surface area contributed by atoms with Gasteiger partial charge in [-0.15, -0.1) is 0 Å². The van der Waals surface area contributed by atoms with Gasteiger partial charge in [0, 0.05) is 11.6 Å². The van der Waals surface area contributed by atoms with E-state index in [0.717, 1.165) is 25.3 Å². The molecule has 2 N–H and O–H groups in total. The Kier molecular flexibility index (Phi) is 11.2. The number of aliphatic hydroxyl groups excluding tert-OH is 2. The molecule has 0 spiro atoms. The smallest absolute Gasteiger partial charge is 0.227 e. The van der Waals surface area contributed by atoms with Crippen LogP contribution in [-0.4, -0.2) is 33.3 Å². The zero-order chi connectivity index (χ0) is 21.6. The van der Waals surface area contributed by atoms with Crippen molar-refractivity contribution in [1.29, 1.82) is 0 Å². The predicted molar refractivity (Wildman–Crippen MR) is 111 cm³/mol. The molecule has 0 fully saturated rings. The van der Waals surface area contributed by atoms with Gasteiger partial charge in [-0.25, -0.2) is 0 Å². The van der Waals surface area contributed by atoms with Crippen molar-refractivity contribution in [2.24, 2.45) is 0 Å². The number of rotatable bonds is 10. The third kappa shape index (κ3) is 9.32. The zero-order valence-electron chi connectivity index (χ0n) is 17.0. The van der Waals surface area contributed by atoms with Gasteiger partial charge >= 0.3 is 0 Å². The molecule has 0 aromatic heterocycles. The fraction of sp³-hybridized carbons (Fsp3) is 0.478. The average molecular weight is 402 g/mol. The van der Waals surface area contributed by atoms with E-state index in [-0.39, 0.29) is 17.1 Å². The molecular weight excluding hydrogens is 372 g/mol. The van der Waals surface area contributed by atoms with E-state index in [1.54, 1.807) is 0 Å². The van der Waals surface area contributed by atoms with Crippen LogP contribution in [0.25, 0.3) is 0 Å². The van der Waals surface area contributed by atoms with E-state index in [0.29, 0.717) is 6.42 Å². The maximum Gasteiger partial charge on any atom is 0.227 e. The first-order valence-corrected chi connectivity index (χ1v) is 10.2. The average Bonchev–Trinajstić information content (AvgIpc) is 2.70. The molecule has 0 amide bonds. The Morgan fingerprint density at radius 2 is 1.14 bits per heavy atom. The van der Waals surface area contributed by atoms with Gasteiger partial charge in [-0.2, -0.15) is 0 Å². The van der Waals surface area contributed by atoms with E-state index in [1.807, 2.05) is 0 Å². The van der Waals surface area contributed by atoms with Crippen LogP contribution in [0.5, 0.6) is 0 Å². The summed E-state index contributed by atoms with van der Waals surface area (Å²) in [7, 11) is 0. The SMILES string of the molecule is CCCCCCCCCCCC1=C(O)C(=O)C=C(O)C1=O.O=C1C=CC(=O)C=C1. The largest absolute Gasteiger partial charge is 0.504 e. The van der Waals surface area contributed by atoms with Crippen molar-refractivity contribution in [3.8, 4) is 0 Å². The van der Waals surface area contributed by atoms with Crippen LogP contribution in [0.1, 0.15) is 71.1 Å². The zero-order valence-corrected chi connectivity index (χ0v) is 17.0. The maximum atomic E-state index is 11.7. The Balaban J connectivity index is 0.000000436. The second-order valence-electron chi connectivity index (χ2n) is 7.10. The first-order valence-electron chi connectivity index (χ1n) is 10.2. The molecule has 0 aliphatic heterocycles. The number of allylic oxidation sites excluding steroid dienone is 6. The monoisotopic (exact) mass is 402 g/mol. The number of carbonyl (C=O) groups is 4. The van der Waals surface area contributed by atoms with Crippen LogP contribution in [0.4, 0.5) is 0 Å². The Morgan fingerprint density at radius 3 is 1.62 bits per heavy atom. The van der Waals surface area contributed by atoms with Crippen molar-refractivity contribution >= 4 is 23.1 Å². The molecule has 0 aromatic carbocycles. The van der Waals surface area contributed by atoms with Gasteiger partial charge < -0.3 is 10.2 Å². The molecular formula is C23H30O6. The lowest BCUT2D eigenvalue weighted by Gasteiger charge is -2.12. The standard InChI is InChI=1S/C17H26O4.C6H4O2/c1-2-3-4-5-6-7-8-9-10-11-13-16(20)14(18)12-15(19)17(13)21;7-5-1-2-6(8)4-3-5/h12,18,21H,2-11H2,1H3;1-4H. The summed E-state index contributed by atoms with van der Waals surface area (Å²) in [5.41, 5.74) is 0.0583. The predicted octanol–water partition coefficient (Wildman–Crippen LogP) is 4.56. The fourth-order valence-corrected chi connectivity index (χ4v) is 2.95. The van der Waals surface area contributed by atoms with E-state index in [4.69, 9.17) is 0 Å². The molecule has 29 heavy (non-hydrogen) atoms. The fourth-order valence-electron chi connectivity index (χ4n) is 2.95. The van der Waals surface area contributed by atoms with Crippen LogP contribution in [0.15, 0.2) is 47.5 Å². The van der Waals surface area contributed by atoms with Crippen molar-refractivity contribution in [1.82, 2.24) is 0 Å². The van der Waals surface area contributed by atoms with Crippen LogP contribution in [0.2, 0.25) is 0 Å². The lowest BCUT2D eigenvalue weighted by molar-refractivity contribution is -0.119. The first-order chi connectivity index (χ1) is 13.9. The van der Waals surface area contributed by atoms with Crippen molar-refractivity contribution in [2.75, 3.05) is 0 Å². The molecule has 0 unspecified atom stereocenters. The molecule has 0 saturated carbocycles. The summed E-state index contributed by atoms with van der Waals surface area (Å²) in [5, 5.41) is 18.9. The second kappa shape index (κ2) is 13.4. The summed E-state index contributed by atoms with van der Waals surface area (Å²) < 4.78 is 0. The van der Waals surface area contributed by atoms with E-state index in [1.165, 1.54) is 62.8 Å². The summed E-state index contributed by atoms with van der Waals surface area (Å²) in [4.78, 5) is 43.5. The van der Waals surface area contributed by atoms with Crippen LogP contribution in [-0.2, 0) is 19.2 Å². The highest BCUT2D eigenvalue weighted by molar-refractivity contribution is 6.20. The first kappa shape index (κ1) is 24.3. The lowest BCUT2D eigenvalue weighted by Crippen LogP contribution is -2.19. The van der Waals surface area contributed by atoms with Crippen LogP contribution in [0, 0.1) is 0 Å². The second-order valence-corrected chi connectivity index (χ2v) is 7.10. The highest BCUT2D eigenvalue weighted by Crippen LogP contribution is 2.22. The van der Waals surface area contributed by atoms with Crippen LogP contribution >= 0.6 is 0 Å². The van der Waals surface area contributed by atoms with E-state index < -0.39 is 23.1 Å². The molecule has 0 bridgehead atoms. The molecule has 0 heterocycles. The number of aliphatic hydroxyl groups is 2. The molecule has 2 rings (SSSR count). The van der Waals surface area contributed by atoms with E-state index in [9.17, 15) is 29.4 Å². The van der Waals surface area contributed by atoms with Gasteiger partial charge in [0.05, 0.1) is 0 Å². The highest BCUT2D eigenvalue weighted by Gasteiger charge is 2.27. The van der Waals surface area contributed by atoms with Gasteiger partial charge in [0.2, 0.25) is 11.6 Å². The van der Waals surface area contributed by atoms with E-state index in [2.05, 4.69) is 6.92 Å². The minimum Gasteiger partial charge on any atom is -0.504 e. The summed E-state index contributed by atoms with van der Waals surface area (Å²) in [5.74, 6) is -2.61. The number of carbonyl (C=O) groups excluding carboxylic acids is 4. The minimum atomic E-state index is -0.682. The number of unbranched alkanes of at least 4 members (excludes halogenated alkanes) is 8. The lowest BCUT2D eigenvalue weighted by atomic mass is 9.94. The molecule has 0 aromatic rings. The van der Waals surface area contributed by atoms with Crippen LogP contribution in [0.3, 0.4) is 0 Å². The molecule has 2 aliphatic carbocycles. The highest BCUT2D eigenvalue weighted by atomic mass is 16.3. The quantitative estimate of drug-likeness (QED) is 0.409. The third-order valence-corrected chi connectivity index (χ3v) is 4.65. The molecule has 0 radical (unpaired) electrons. The van der Waals surface area contributed by atoms with Crippen molar-refractivity contribution in [2.45, 2.75) is 71.1 Å². The normalized spacial score (nSPS) is 16.1. The van der Waals surface area contributed by atoms with E-state index >= 15 is 0 Å². The summed E-state index contributed by atoms with van der Waals surface area (Å²) in [6.45, 7) is 2.20. The number of hydrogen-bond acceptors (Lipinski definition) is 6. The molecule has 0 atom stereocenters. The summed E-state index contributed by atoms with van der Waals surface area (Å²) >= 11 is 0. The van der Waals surface area contributed by atoms with Crippen molar-refractivity contribution < 1.29 is 29.4 Å². The Hall–Kier alpha value is -2.76. The topological polar surface area (TPSA) is 109 Å². The van der Waals surface area contributed by atoms with Gasteiger partial charge in [-0.05, 0) is 37.1 Å². The van der Waals surface area contributed by atoms with Gasteiger partial charge in [0.25, 0.3) is 0 Å². The van der Waals surface area contributed by atoms with Gasteiger partial charge in [-0.3, -0.25) is 19.2 Å². The summed E-state index contributed by atoms with van der Waals surface area (Å²) in [6.07, 6.45) is 16.5. The number of hydrogen-bond donors (Lipinski definition) is 2. The van der Waals surface area contributed by atoms with Gasteiger partial charge in [0.1, 0.15) is 0 Å². The summed E-state index contributed by atoms with van der Waals surface area (Å²) in [6, 6.07) is 0. The van der Waals surface area contributed by atoms with Gasteiger partial charge in [-0.1, -0.05) is 58.3 Å². The Labute approximate surface area is 171 Å². The van der Waals surface area contributed by atoms with Crippen molar-refractivity contribution in [3.63, 3.8) is 0 Å². The third-order valence-electron chi connectivity index (χ3n) is 4.65. The van der Waals surface area contributed by atoms with Crippen LogP contribution < -0.4 is 0 Å². The molecule has 2 aliphatic rings. The van der Waals surface area contributed by atoms with Gasteiger partial charge in [0.15, 0.2) is 23.1 Å². The Morgan fingerprint density at radius 1 is 0.690 bits per heavy atom. The minimum absolute atomic E-state index is 0.0583. The number of ketones is 4. The molecule has 0 saturated heterocycles. The molecule has 158 valence electrons.